The maximum atomic E-state index is 12.7. The molecule has 6 heteroatoms. The fraction of sp³-hybridized carbons (Fsp3) is 0.548. The van der Waals surface area contributed by atoms with Crippen LogP contribution < -0.4 is 10.4 Å². The Balaban J connectivity index is 1.65. The van der Waals surface area contributed by atoms with Crippen molar-refractivity contribution in [3.05, 3.63) is 60.7 Å². The van der Waals surface area contributed by atoms with E-state index in [0.29, 0.717) is 13.0 Å². The Morgan fingerprint density at radius 1 is 0.946 bits per heavy atom. The SMILES string of the molecule is CC(C)OC(=O)CCCCCC[C@H]1C(=O)CO[C@@H]1CO[Si](c1ccccc1)(c1ccccc1)C(C)(C)C. The lowest BCUT2D eigenvalue weighted by atomic mass is 9.93. The summed E-state index contributed by atoms with van der Waals surface area (Å²) < 4.78 is 18.2. The van der Waals surface area contributed by atoms with Gasteiger partial charge in [-0.1, -0.05) is 101 Å². The van der Waals surface area contributed by atoms with E-state index in [0.717, 1.165) is 32.1 Å². The van der Waals surface area contributed by atoms with Gasteiger partial charge in [0.1, 0.15) is 6.61 Å². The van der Waals surface area contributed by atoms with Gasteiger partial charge in [0, 0.05) is 12.3 Å². The normalized spacial score (nSPS) is 18.4. The van der Waals surface area contributed by atoms with Crippen LogP contribution in [0.25, 0.3) is 0 Å². The molecule has 0 amide bonds. The number of ketones is 1. The van der Waals surface area contributed by atoms with Gasteiger partial charge in [-0.3, -0.25) is 9.59 Å². The van der Waals surface area contributed by atoms with Crippen molar-refractivity contribution in [3.8, 4) is 0 Å². The monoisotopic (exact) mass is 524 g/mol. The minimum Gasteiger partial charge on any atom is -0.463 e. The highest BCUT2D eigenvalue weighted by molar-refractivity contribution is 6.99. The van der Waals surface area contributed by atoms with Crippen molar-refractivity contribution >= 4 is 30.4 Å². The van der Waals surface area contributed by atoms with Gasteiger partial charge in [0.25, 0.3) is 8.32 Å². The molecule has 1 aliphatic rings. The number of ether oxygens (including phenoxy) is 2. The van der Waals surface area contributed by atoms with Crippen LogP contribution in [0.1, 0.15) is 73.1 Å². The van der Waals surface area contributed by atoms with Crippen LogP contribution in [-0.4, -0.2) is 45.5 Å². The van der Waals surface area contributed by atoms with Gasteiger partial charge < -0.3 is 13.9 Å². The number of Topliss-reactive ketones (excluding diaryl/α,β-unsaturated/α-hetero) is 1. The summed E-state index contributed by atoms with van der Waals surface area (Å²) in [6.45, 7) is 11.1. The summed E-state index contributed by atoms with van der Waals surface area (Å²) in [5.74, 6) is -0.0874. The van der Waals surface area contributed by atoms with Gasteiger partial charge in [0.15, 0.2) is 5.78 Å². The fourth-order valence-electron chi connectivity index (χ4n) is 5.41. The molecule has 1 saturated heterocycles. The molecule has 3 rings (SSSR count). The number of carbonyl (C=O) groups excluding carboxylic acids is 2. The van der Waals surface area contributed by atoms with Crippen molar-refractivity contribution in [1.82, 2.24) is 0 Å². The summed E-state index contributed by atoms with van der Waals surface area (Å²) in [4.78, 5) is 24.4. The predicted octanol–water partition coefficient (Wildman–Crippen LogP) is 5.44. The predicted molar refractivity (Wildman–Crippen MR) is 151 cm³/mol. The van der Waals surface area contributed by atoms with Crippen LogP contribution in [0, 0.1) is 5.92 Å². The lowest BCUT2D eigenvalue weighted by molar-refractivity contribution is -0.147. The van der Waals surface area contributed by atoms with Gasteiger partial charge in [-0.05, 0) is 42.1 Å². The second-order valence-electron chi connectivity index (χ2n) is 11.4. The van der Waals surface area contributed by atoms with Gasteiger partial charge in [0.05, 0.1) is 18.8 Å². The lowest BCUT2D eigenvalue weighted by Crippen LogP contribution is -2.67. The number of rotatable bonds is 13. The van der Waals surface area contributed by atoms with Crippen LogP contribution >= 0.6 is 0 Å². The first kappa shape index (κ1) is 29.3. The van der Waals surface area contributed by atoms with E-state index in [9.17, 15) is 9.59 Å². The molecule has 1 aliphatic heterocycles. The average Bonchev–Trinajstić information content (AvgIpc) is 3.21. The van der Waals surface area contributed by atoms with E-state index in [1.54, 1.807) is 0 Å². The van der Waals surface area contributed by atoms with Gasteiger partial charge in [-0.15, -0.1) is 0 Å². The summed E-state index contributed by atoms with van der Waals surface area (Å²) in [7, 11) is -2.68. The Kier molecular flexibility index (Phi) is 10.7. The van der Waals surface area contributed by atoms with Crippen LogP contribution in [0.3, 0.4) is 0 Å². The molecule has 0 aromatic heterocycles. The number of unbranched alkanes of at least 4 members (excludes halogenated alkanes) is 3. The quantitative estimate of drug-likeness (QED) is 0.198. The van der Waals surface area contributed by atoms with Crippen LogP contribution in [0.2, 0.25) is 5.04 Å². The van der Waals surface area contributed by atoms with E-state index in [-0.39, 0.29) is 41.5 Å². The van der Waals surface area contributed by atoms with E-state index >= 15 is 0 Å². The molecular formula is C31H44O5Si. The molecule has 0 radical (unpaired) electrons. The summed E-state index contributed by atoms with van der Waals surface area (Å²) in [5, 5.41) is 2.33. The molecule has 1 fully saturated rings. The maximum Gasteiger partial charge on any atom is 0.306 e. The maximum absolute atomic E-state index is 12.7. The molecule has 37 heavy (non-hydrogen) atoms. The van der Waals surface area contributed by atoms with Crippen molar-refractivity contribution in [1.29, 1.82) is 0 Å². The second-order valence-corrected chi connectivity index (χ2v) is 15.7. The summed E-state index contributed by atoms with van der Waals surface area (Å²) in [6.07, 6.45) is 4.66. The number of hydrogen-bond acceptors (Lipinski definition) is 5. The molecule has 1 heterocycles. The Bertz CT molecular complexity index is 944. The molecule has 0 bridgehead atoms. The molecule has 0 N–H and O–H groups in total. The van der Waals surface area contributed by atoms with Gasteiger partial charge >= 0.3 is 5.97 Å². The third-order valence-electron chi connectivity index (χ3n) is 7.20. The number of benzene rings is 2. The van der Waals surface area contributed by atoms with Crippen LogP contribution in [0.5, 0.6) is 0 Å². The molecule has 5 nitrogen and oxygen atoms in total. The van der Waals surface area contributed by atoms with Crippen molar-refractivity contribution < 1.29 is 23.5 Å². The molecule has 2 aromatic carbocycles. The van der Waals surface area contributed by atoms with Gasteiger partial charge in [0.2, 0.25) is 0 Å². The van der Waals surface area contributed by atoms with Gasteiger partial charge in [-0.25, -0.2) is 0 Å². The highest BCUT2D eigenvalue weighted by atomic mass is 28.4. The second kappa shape index (κ2) is 13.5. The van der Waals surface area contributed by atoms with E-state index in [1.165, 1.54) is 10.4 Å². The molecule has 0 saturated carbocycles. The summed E-state index contributed by atoms with van der Waals surface area (Å²) >= 11 is 0. The minimum atomic E-state index is -2.68. The van der Waals surface area contributed by atoms with E-state index < -0.39 is 8.32 Å². The molecule has 202 valence electrons. The van der Waals surface area contributed by atoms with Crippen molar-refractivity contribution in [2.24, 2.45) is 5.92 Å². The zero-order valence-electron chi connectivity index (χ0n) is 23.2. The van der Waals surface area contributed by atoms with Crippen LogP contribution in [0.4, 0.5) is 0 Å². The summed E-state index contributed by atoms with van der Waals surface area (Å²) in [5.41, 5.74) is 0. The first-order valence-corrected chi connectivity index (χ1v) is 15.6. The van der Waals surface area contributed by atoms with Crippen LogP contribution in [0.15, 0.2) is 60.7 Å². The third kappa shape index (κ3) is 7.62. The standard InChI is InChI=1S/C31H44O5Si/c1-24(2)36-30(33)21-15-7-6-14-20-27-28(32)22-34-29(27)23-35-37(31(3,4)5,25-16-10-8-11-17-25)26-18-12-9-13-19-26/h8-13,16-19,24,27,29H,6-7,14-15,20-23H2,1-5H3/t27-,29+/m0/s1. The molecular weight excluding hydrogens is 480 g/mol. The first-order chi connectivity index (χ1) is 17.6. The highest BCUT2D eigenvalue weighted by Crippen LogP contribution is 2.37. The third-order valence-corrected chi connectivity index (χ3v) is 12.2. The highest BCUT2D eigenvalue weighted by Gasteiger charge is 2.51. The van der Waals surface area contributed by atoms with Crippen LogP contribution in [-0.2, 0) is 23.5 Å². The Labute approximate surface area is 224 Å². The Hall–Kier alpha value is -2.28. The zero-order chi connectivity index (χ0) is 26.9. The number of esters is 1. The first-order valence-electron chi connectivity index (χ1n) is 13.7. The van der Waals surface area contributed by atoms with Crippen molar-refractivity contribution in [2.75, 3.05) is 13.2 Å². The number of carbonyl (C=O) groups is 2. The number of hydrogen-bond donors (Lipinski definition) is 0. The Morgan fingerprint density at radius 2 is 1.51 bits per heavy atom. The molecule has 2 atom stereocenters. The minimum absolute atomic E-state index is 0.0658. The topological polar surface area (TPSA) is 61.8 Å². The van der Waals surface area contributed by atoms with Gasteiger partial charge in [-0.2, -0.15) is 0 Å². The smallest absolute Gasteiger partial charge is 0.306 e. The van der Waals surface area contributed by atoms with Crippen molar-refractivity contribution in [2.45, 2.75) is 90.4 Å². The molecule has 0 aliphatic carbocycles. The molecule has 0 unspecified atom stereocenters. The summed E-state index contributed by atoms with van der Waals surface area (Å²) in [6, 6.07) is 21.1. The average molecular weight is 525 g/mol. The molecule has 2 aromatic rings. The lowest BCUT2D eigenvalue weighted by Gasteiger charge is -2.43. The zero-order valence-corrected chi connectivity index (χ0v) is 24.2. The van der Waals surface area contributed by atoms with E-state index in [4.69, 9.17) is 13.9 Å². The van der Waals surface area contributed by atoms with E-state index in [1.807, 2.05) is 26.0 Å². The largest absolute Gasteiger partial charge is 0.463 e. The Morgan fingerprint density at radius 3 is 2.05 bits per heavy atom. The fourth-order valence-corrected chi connectivity index (χ4v) is 9.98. The molecule has 0 spiro atoms. The van der Waals surface area contributed by atoms with E-state index in [2.05, 4.69) is 69.3 Å². The van der Waals surface area contributed by atoms with Crippen molar-refractivity contribution in [3.63, 3.8) is 0 Å².